The summed E-state index contributed by atoms with van der Waals surface area (Å²) in [5.74, 6) is 0.342. The summed E-state index contributed by atoms with van der Waals surface area (Å²) in [6.45, 7) is 8.15. The van der Waals surface area contributed by atoms with Gasteiger partial charge in [-0.15, -0.1) is 0 Å². The van der Waals surface area contributed by atoms with Crippen LogP contribution in [0.15, 0.2) is 18.2 Å². The van der Waals surface area contributed by atoms with Crippen LogP contribution in [0.1, 0.15) is 37.8 Å². The van der Waals surface area contributed by atoms with E-state index in [1.807, 2.05) is 38.3 Å². The molecule has 0 saturated heterocycles. The van der Waals surface area contributed by atoms with Crippen molar-refractivity contribution in [1.29, 1.82) is 0 Å². The van der Waals surface area contributed by atoms with Crippen LogP contribution in [0.2, 0.25) is 0 Å². The number of benzene rings is 1. The van der Waals surface area contributed by atoms with E-state index in [4.69, 9.17) is 0 Å². The van der Waals surface area contributed by atoms with Crippen molar-refractivity contribution in [3.8, 4) is 0 Å². The number of urea groups is 1. The van der Waals surface area contributed by atoms with Gasteiger partial charge in [-0.2, -0.15) is 11.8 Å². The molecule has 21 heavy (non-hydrogen) atoms. The zero-order valence-electron chi connectivity index (χ0n) is 13.4. The Morgan fingerprint density at radius 2 is 2.00 bits per heavy atom. The van der Waals surface area contributed by atoms with Gasteiger partial charge in [0.05, 0.1) is 6.61 Å². The average molecular weight is 310 g/mol. The Hall–Kier alpha value is -1.20. The molecule has 2 atom stereocenters. The third kappa shape index (κ3) is 4.93. The van der Waals surface area contributed by atoms with E-state index in [2.05, 4.69) is 24.5 Å². The molecule has 0 saturated carbocycles. The molecule has 3 N–H and O–H groups in total. The summed E-state index contributed by atoms with van der Waals surface area (Å²) >= 11 is 1.54. The molecular formula is C16H26N2O2S. The maximum atomic E-state index is 12.2. The first-order valence-corrected chi connectivity index (χ1v) is 8.50. The molecule has 1 aromatic rings. The first kappa shape index (κ1) is 17.9. The standard InChI is InChI=1S/C16H26N2O2S/c1-10(2)13-8-6-7-11(3)15(13)18-16(20)17-12(4)14(9-19)21-5/h6-8,10,12,14,19H,9H2,1-5H3,(H2,17,18,20). The van der Waals surface area contributed by atoms with Gasteiger partial charge < -0.3 is 15.7 Å². The van der Waals surface area contributed by atoms with Crippen molar-refractivity contribution in [1.82, 2.24) is 5.32 Å². The van der Waals surface area contributed by atoms with E-state index in [0.29, 0.717) is 5.92 Å². The van der Waals surface area contributed by atoms with E-state index < -0.39 is 0 Å². The number of anilines is 1. The Morgan fingerprint density at radius 3 is 2.52 bits per heavy atom. The van der Waals surface area contributed by atoms with Crippen LogP contribution in [0.25, 0.3) is 0 Å². The predicted octanol–water partition coefficient (Wildman–Crippen LogP) is 3.35. The lowest BCUT2D eigenvalue weighted by Crippen LogP contribution is -2.43. The molecule has 118 valence electrons. The van der Waals surface area contributed by atoms with E-state index in [9.17, 15) is 9.90 Å². The average Bonchev–Trinajstić information content (AvgIpc) is 2.42. The largest absolute Gasteiger partial charge is 0.395 e. The highest BCUT2D eigenvalue weighted by Gasteiger charge is 2.18. The summed E-state index contributed by atoms with van der Waals surface area (Å²) in [7, 11) is 0. The van der Waals surface area contributed by atoms with Crippen molar-refractivity contribution in [2.75, 3.05) is 18.2 Å². The number of para-hydroxylation sites is 1. The zero-order valence-corrected chi connectivity index (χ0v) is 14.3. The molecule has 2 amide bonds. The van der Waals surface area contributed by atoms with Crippen molar-refractivity contribution in [3.63, 3.8) is 0 Å². The van der Waals surface area contributed by atoms with Gasteiger partial charge in [-0.25, -0.2) is 4.79 Å². The maximum absolute atomic E-state index is 12.2. The van der Waals surface area contributed by atoms with Gasteiger partial charge in [-0.1, -0.05) is 32.0 Å². The van der Waals surface area contributed by atoms with Gasteiger partial charge in [0, 0.05) is 17.0 Å². The lowest BCUT2D eigenvalue weighted by Gasteiger charge is -2.23. The van der Waals surface area contributed by atoms with Gasteiger partial charge in [0.25, 0.3) is 0 Å². The van der Waals surface area contributed by atoms with Crippen LogP contribution in [0.4, 0.5) is 10.5 Å². The number of aliphatic hydroxyl groups is 1. The van der Waals surface area contributed by atoms with Crippen molar-refractivity contribution >= 4 is 23.5 Å². The molecule has 0 radical (unpaired) electrons. The number of carbonyl (C=O) groups excluding carboxylic acids is 1. The number of rotatable bonds is 6. The van der Waals surface area contributed by atoms with Crippen LogP contribution in [0.5, 0.6) is 0 Å². The summed E-state index contributed by atoms with van der Waals surface area (Å²) in [5, 5.41) is 15.1. The molecule has 0 aliphatic heterocycles. The van der Waals surface area contributed by atoms with Crippen LogP contribution < -0.4 is 10.6 Å². The predicted molar refractivity (Wildman–Crippen MR) is 91.3 cm³/mol. The quantitative estimate of drug-likeness (QED) is 0.755. The molecule has 1 aromatic carbocycles. The Balaban J connectivity index is 2.80. The van der Waals surface area contributed by atoms with E-state index in [1.165, 1.54) is 0 Å². The Bertz CT molecular complexity index is 473. The Morgan fingerprint density at radius 1 is 1.33 bits per heavy atom. The van der Waals surface area contributed by atoms with Crippen LogP contribution in [0, 0.1) is 6.92 Å². The van der Waals surface area contributed by atoms with E-state index in [1.54, 1.807) is 11.8 Å². The summed E-state index contributed by atoms with van der Waals surface area (Å²) < 4.78 is 0. The second-order valence-corrected chi connectivity index (χ2v) is 6.61. The van der Waals surface area contributed by atoms with E-state index in [0.717, 1.165) is 16.8 Å². The minimum absolute atomic E-state index is 0.00260. The fraction of sp³-hybridized carbons (Fsp3) is 0.562. The molecule has 0 heterocycles. The monoisotopic (exact) mass is 310 g/mol. The van der Waals surface area contributed by atoms with E-state index >= 15 is 0 Å². The molecule has 4 nitrogen and oxygen atoms in total. The third-order valence-corrected chi connectivity index (χ3v) is 4.73. The summed E-state index contributed by atoms with van der Waals surface area (Å²) in [6, 6.07) is 5.70. The van der Waals surface area contributed by atoms with Crippen LogP contribution in [0.3, 0.4) is 0 Å². The van der Waals surface area contributed by atoms with Crippen molar-refractivity contribution in [2.45, 2.75) is 44.9 Å². The number of aliphatic hydroxyl groups excluding tert-OH is 1. The first-order valence-electron chi connectivity index (χ1n) is 7.21. The first-order chi connectivity index (χ1) is 9.90. The number of carbonyl (C=O) groups is 1. The summed E-state index contributed by atoms with van der Waals surface area (Å²) in [4.78, 5) is 12.2. The van der Waals surface area contributed by atoms with Crippen LogP contribution >= 0.6 is 11.8 Å². The minimum Gasteiger partial charge on any atom is -0.395 e. The van der Waals surface area contributed by atoms with Gasteiger partial charge in [0.1, 0.15) is 0 Å². The van der Waals surface area contributed by atoms with Gasteiger partial charge >= 0.3 is 6.03 Å². The SMILES string of the molecule is CSC(CO)C(C)NC(=O)Nc1c(C)cccc1C(C)C. The van der Waals surface area contributed by atoms with Crippen LogP contribution in [-0.4, -0.2) is 35.3 Å². The lowest BCUT2D eigenvalue weighted by atomic mass is 9.98. The number of nitrogens with one attached hydrogen (secondary N) is 2. The van der Waals surface area contributed by atoms with Gasteiger partial charge in [-0.3, -0.25) is 0 Å². The number of amides is 2. The number of hydrogen-bond acceptors (Lipinski definition) is 3. The molecule has 0 aromatic heterocycles. The van der Waals surface area contributed by atoms with Crippen LogP contribution in [-0.2, 0) is 0 Å². The second kappa shape index (κ2) is 8.29. The minimum atomic E-state index is -0.230. The second-order valence-electron chi connectivity index (χ2n) is 5.54. The molecular weight excluding hydrogens is 284 g/mol. The molecule has 0 fully saturated rings. The van der Waals surface area contributed by atoms with Crippen molar-refractivity contribution in [2.24, 2.45) is 0 Å². The van der Waals surface area contributed by atoms with Crippen molar-refractivity contribution < 1.29 is 9.90 Å². The molecule has 0 bridgehead atoms. The van der Waals surface area contributed by atoms with E-state index in [-0.39, 0.29) is 23.9 Å². The molecule has 1 rings (SSSR count). The summed E-state index contributed by atoms with van der Waals surface area (Å²) in [6.07, 6.45) is 1.93. The maximum Gasteiger partial charge on any atom is 0.319 e. The van der Waals surface area contributed by atoms with Gasteiger partial charge in [-0.05, 0) is 37.1 Å². The number of aryl methyl sites for hydroxylation is 1. The fourth-order valence-electron chi connectivity index (χ4n) is 2.23. The summed E-state index contributed by atoms with van der Waals surface area (Å²) in [5.41, 5.74) is 3.05. The highest BCUT2D eigenvalue weighted by Crippen LogP contribution is 2.27. The molecule has 0 spiro atoms. The normalized spacial score (nSPS) is 13.9. The zero-order chi connectivity index (χ0) is 16.0. The molecule has 0 aliphatic carbocycles. The van der Waals surface area contributed by atoms with Gasteiger partial charge in [0.15, 0.2) is 0 Å². The van der Waals surface area contributed by atoms with Crippen molar-refractivity contribution in [3.05, 3.63) is 29.3 Å². The fourth-order valence-corrected chi connectivity index (χ4v) is 2.85. The highest BCUT2D eigenvalue weighted by molar-refractivity contribution is 7.99. The molecule has 2 unspecified atom stereocenters. The Labute approximate surface area is 131 Å². The topological polar surface area (TPSA) is 61.4 Å². The molecule has 5 heteroatoms. The number of hydrogen-bond donors (Lipinski definition) is 3. The smallest absolute Gasteiger partial charge is 0.319 e. The number of thioether (sulfide) groups is 1. The Kier molecular flexibility index (Phi) is 7.05. The van der Waals surface area contributed by atoms with Gasteiger partial charge in [0.2, 0.25) is 0 Å². The molecule has 0 aliphatic rings. The lowest BCUT2D eigenvalue weighted by molar-refractivity contribution is 0.243. The third-order valence-electron chi connectivity index (χ3n) is 3.56. The highest BCUT2D eigenvalue weighted by atomic mass is 32.2.